The van der Waals surface area contributed by atoms with E-state index in [1.165, 1.54) is 0 Å². The molecule has 0 aromatic heterocycles. The van der Waals surface area contributed by atoms with Crippen molar-refractivity contribution < 1.29 is 13.1 Å². The predicted molar refractivity (Wildman–Crippen MR) is 24.7 cm³/mol. The average Bonchev–Trinajstić information content (AvgIpc) is 0.918. The van der Waals surface area contributed by atoms with Crippen LogP contribution in [0.4, 0.5) is 0 Å². The molecular weight excluding hydrogens is 289 g/mol. The smallest absolute Gasteiger partial charge is 0 e. The molecule has 0 fully saturated rings. The molecule has 0 saturated heterocycles. The van der Waals surface area contributed by atoms with Crippen LogP contribution in [0.25, 0.3) is 0 Å². The Kier molecular flexibility index (Phi) is 51.4. The first-order valence-corrected chi connectivity index (χ1v) is 2.82. The van der Waals surface area contributed by atoms with Gasteiger partial charge in [0.25, 0.3) is 0 Å². The van der Waals surface area contributed by atoms with Gasteiger partial charge in [-0.15, -0.1) is 12.4 Å². The Morgan fingerprint density at radius 1 is 1.20 bits per heavy atom. The molecule has 0 aliphatic rings. The summed E-state index contributed by atoms with van der Waals surface area (Å²) < 4.78 is 0. The standard InChI is InChI=1S/3ClH.Cu.Sn/h3*1H;;/q;;;+2;/p-2. The third-order valence-corrected chi connectivity index (χ3v) is 0. The van der Waals surface area contributed by atoms with E-state index in [2.05, 4.69) is 20.2 Å². The van der Waals surface area contributed by atoms with E-state index in [9.17, 15) is 0 Å². The second-order valence-corrected chi connectivity index (χ2v) is 1.60. The van der Waals surface area contributed by atoms with Gasteiger partial charge in [0.2, 0.25) is 0 Å². The van der Waals surface area contributed by atoms with Crippen molar-refractivity contribution in [2.24, 2.45) is 0 Å². The molecule has 0 spiro atoms. The van der Waals surface area contributed by atoms with Crippen LogP contribution >= 0.6 is 32.6 Å². The zero-order valence-electron chi connectivity index (χ0n) is 1.97. The van der Waals surface area contributed by atoms with E-state index < -0.39 is 0 Å². The zero-order chi connectivity index (χ0) is 2.71. The largest absolute Gasteiger partial charge is 0 e. The Labute approximate surface area is 68.9 Å². The molecule has 0 amide bonds. The minimum Gasteiger partial charge on any atom is 0 e. The molecule has 0 unspecified atom stereocenters. The minimum absolute atomic E-state index is 0. The molecule has 0 rings (SSSR count). The van der Waals surface area contributed by atoms with E-state index >= 15 is 0 Å². The third kappa shape index (κ3) is 22.7. The van der Waals surface area contributed by atoms with Gasteiger partial charge < -0.3 is 0 Å². The number of hydrogen-bond acceptors (Lipinski definition) is 0. The molecule has 4 radical (unpaired) electrons. The van der Waals surface area contributed by atoms with Crippen molar-refractivity contribution in [1.82, 2.24) is 0 Å². The molecular formula is HCl3CuSn. The fourth-order valence-electron chi connectivity index (χ4n) is 0. The molecule has 0 N–H and O–H groups in total. The van der Waals surface area contributed by atoms with Crippen LogP contribution in [0.15, 0.2) is 0 Å². The summed E-state index contributed by atoms with van der Waals surface area (Å²) in [6.07, 6.45) is 0. The summed E-state index contributed by atoms with van der Waals surface area (Å²) in [5.74, 6) is 0. The zero-order valence-corrected chi connectivity index (χ0v) is 8.09. The summed E-state index contributed by atoms with van der Waals surface area (Å²) in [5.41, 5.74) is 0. The summed E-state index contributed by atoms with van der Waals surface area (Å²) in [4.78, 5) is 0. The molecule has 0 heterocycles. The number of halogens is 3. The van der Waals surface area contributed by atoms with E-state index in [1.54, 1.807) is 0 Å². The summed E-state index contributed by atoms with van der Waals surface area (Å²) in [5, 5.41) is 0. The van der Waals surface area contributed by atoms with Crippen molar-refractivity contribution in [2.75, 3.05) is 0 Å². The molecule has 37 valence electrons. The van der Waals surface area contributed by atoms with Gasteiger partial charge in [-0.1, -0.05) is 0 Å². The first-order chi connectivity index (χ1) is 1.41. The summed E-state index contributed by atoms with van der Waals surface area (Å²) in [6, 6.07) is 0. The molecule has 0 aliphatic carbocycles. The van der Waals surface area contributed by atoms with Gasteiger partial charge in [0.15, 0.2) is 0 Å². The quantitative estimate of drug-likeness (QED) is 0.592. The van der Waals surface area contributed by atoms with E-state index in [1.807, 2.05) is 0 Å². The van der Waals surface area contributed by atoms with E-state index in [-0.39, 0.29) is 36.3 Å². The minimum atomic E-state index is 0. The first-order valence-electron chi connectivity index (χ1n) is 0.228. The maximum absolute atomic E-state index is 4.67. The van der Waals surface area contributed by atoms with Gasteiger partial charge in [0.1, 0.15) is 0 Å². The SMILES string of the molecule is Cl.[Cl][Cu][Cl].[Sn]. The van der Waals surface area contributed by atoms with E-state index in [0.29, 0.717) is 0 Å². The van der Waals surface area contributed by atoms with Crippen molar-refractivity contribution in [1.29, 1.82) is 0 Å². The first kappa shape index (κ1) is 15.7. The topological polar surface area (TPSA) is 0 Å². The normalized spacial score (nSPS) is 4.40. The van der Waals surface area contributed by atoms with Gasteiger partial charge >= 0.3 is 33.3 Å². The molecule has 0 aliphatic heterocycles. The van der Waals surface area contributed by atoms with Crippen molar-refractivity contribution in [3.8, 4) is 0 Å². The van der Waals surface area contributed by atoms with Crippen LogP contribution in [-0.4, -0.2) is 23.9 Å². The van der Waals surface area contributed by atoms with Crippen LogP contribution in [0.1, 0.15) is 0 Å². The van der Waals surface area contributed by atoms with Crippen LogP contribution < -0.4 is 0 Å². The van der Waals surface area contributed by atoms with E-state index in [0.717, 1.165) is 13.1 Å². The average molecular weight is 290 g/mol. The van der Waals surface area contributed by atoms with Crippen LogP contribution in [0, 0.1) is 0 Å². The Bertz CT molecular complexity index is 6.85. The molecule has 0 atom stereocenters. The Morgan fingerprint density at radius 2 is 1.20 bits per heavy atom. The fourth-order valence-corrected chi connectivity index (χ4v) is 0. The van der Waals surface area contributed by atoms with Gasteiger partial charge in [-0.05, 0) is 0 Å². The van der Waals surface area contributed by atoms with Crippen molar-refractivity contribution in [2.45, 2.75) is 0 Å². The van der Waals surface area contributed by atoms with Crippen molar-refractivity contribution in [3.05, 3.63) is 0 Å². The molecule has 0 saturated carbocycles. The van der Waals surface area contributed by atoms with Gasteiger partial charge in [-0.25, -0.2) is 0 Å². The van der Waals surface area contributed by atoms with Gasteiger partial charge in [0.05, 0.1) is 0 Å². The van der Waals surface area contributed by atoms with Crippen LogP contribution in [0.3, 0.4) is 0 Å². The van der Waals surface area contributed by atoms with Gasteiger partial charge in [-0.2, -0.15) is 0 Å². The number of hydrogen-bond donors (Lipinski definition) is 0. The maximum atomic E-state index is 4.67. The molecule has 0 aromatic carbocycles. The van der Waals surface area contributed by atoms with Crippen LogP contribution in [0.5, 0.6) is 0 Å². The summed E-state index contributed by atoms with van der Waals surface area (Å²) in [7, 11) is 9.34. The predicted octanol–water partition coefficient (Wildman–Crippen LogP) is 1.42. The molecule has 0 aromatic rings. The van der Waals surface area contributed by atoms with Crippen molar-refractivity contribution >= 4 is 56.5 Å². The molecule has 0 bridgehead atoms. The fraction of sp³-hybridized carbons (Fsp3) is 0. The van der Waals surface area contributed by atoms with E-state index in [4.69, 9.17) is 0 Å². The number of rotatable bonds is 0. The van der Waals surface area contributed by atoms with Gasteiger partial charge in [0, 0.05) is 23.9 Å². The molecule has 0 nitrogen and oxygen atoms in total. The maximum Gasteiger partial charge on any atom is 0 e. The second-order valence-electron chi connectivity index (χ2n) is 0.0431. The third-order valence-electron chi connectivity index (χ3n) is 0. The molecule has 5 heavy (non-hydrogen) atoms. The summed E-state index contributed by atoms with van der Waals surface area (Å²) >= 11 is 0.757. The Balaban J connectivity index is -0.0000000200. The molecule has 5 heteroatoms. The van der Waals surface area contributed by atoms with Crippen molar-refractivity contribution in [3.63, 3.8) is 0 Å². The summed E-state index contributed by atoms with van der Waals surface area (Å²) in [6.45, 7) is 0. The van der Waals surface area contributed by atoms with Crippen LogP contribution in [-0.2, 0) is 13.1 Å². The van der Waals surface area contributed by atoms with Crippen LogP contribution in [0.2, 0.25) is 0 Å². The Morgan fingerprint density at radius 3 is 1.20 bits per heavy atom. The van der Waals surface area contributed by atoms with Gasteiger partial charge in [-0.3, -0.25) is 0 Å². The Hall–Kier alpha value is 2.19. The monoisotopic (exact) mass is 289 g/mol. The second kappa shape index (κ2) is 16.4.